The Morgan fingerprint density at radius 2 is 1.92 bits per heavy atom. The van der Waals surface area contributed by atoms with Crippen molar-refractivity contribution >= 4 is 28.3 Å². The number of thiazole rings is 1. The Balaban J connectivity index is 1.50. The molecule has 138 valence electrons. The summed E-state index contributed by atoms with van der Waals surface area (Å²) in [4.78, 5) is 31.5. The third-order valence-electron chi connectivity index (χ3n) is 4.79. The van der Waals surface area contributed by atoms with E-state index in [0.29, 0.717) is 36.1 Å². The molecule has 0 aromatic carbocycles. The maximum atomic E-state index is 12.4. The van der Waals surface area contributed by atoms with Crippen molar-refractivity contribution < 1.29 is 14.3 Å². The monoisotopic (exact) mass is 366 g/mol. The maximum absolute atomic E-state index is 12.4. The van der Waals surface area contributed by atoms with Crippen LogP contribution in [0.5, 0.6) is 0 Å². The molecule has 1 aliphatic heterocycles. The first-order chi connectivity index (χ1) is 12.1. The molecule has 0 radical (unpaired) electrons. The van der Waals surface area contributed by atoms with Crippen molar-refractivity contribution in [3.05, 3.63) is 10.6 Å². The van der Waals surface area contributed by atoms with E-state index in [2.05, 4.69) is 20.7 Å². The highest BCUT2D eigenvalue weighted by Crippen LogP contribution is 2.27. The molecule has 2 fully saturated rings. The molecule has 2 heterocycles. The highest BCUT2D eigenvalue weighted by molar-refractivity contribution is 7.17. The van der Waals surface area contributed by atoms with Crippen LogP contribution in [0.2, 0.25) is 0 Å². The number of carbonyl (C=O) groups is 2. The summed E-state index contributed by atoms with van der Waals surface area (Å²) in [5.41, 5.74) is 5.77. The molecule has 3 rings (SSSR count). The molecule has 1 aromatic rings. The molecule has 2 aliphatic rings. The summed E-state index contributed by atoms with van der Waals surface area (Å²) in [5, 5.41) is 0.833. The summed E-state index contributed by atoms with van der Waals surface area (Å²) in [6.45, 7) is 4.74. The minimum atomic E-state index is -0.300. The predicted molar refractivity (Wildman–Crippen MR) is 96.7 cm³/mol. The van der Waals surface area contributed by atoms with E-state index in [0.717, 1.165) is 31.1 Å². The summed E-state index contributed by atoms with van der Waals surface area (Å²) in [6, 6.07) is 0. The lowest BCUT2D eigenvalue weighted by Crippen LogP contribution is -2.42. The molecule has 25 heavy (non-hydrogen) atoms. The van der Waals surface area contributed by atoms with Gasteiger partial charge in [-0.15, -0.1) is 0 Å². The number of carbonyl (C=O) groups excluding carboxylic acids is 2. The van der Waals surface area contributed by atoms with Crippen molar-refractivity contribution in [2.24, 2.45) is 5.92 Å². The van der Waals surface area contributed by atoms with Gasteiger partial charge >= 0.3 is 0 Å². The van der Waals surface area contributed by atoms with Crippen LogP contribution in [-0.4, -0.2) is 43.1 Å². The molecule has 7 nitrogen and oxygen atoms in total. The first-order valence-electron chi connectivity index (χ1n) is 9.03. The van der Waals surface area contributed by atoms with E-state index in [9.17, 15) is 9.59 Å². The molecule has 1 aromatic heterocycles. The van der Waals surface area contributed by atoms with Crippen molar-refractivity contribution in [1.82, 2.24) is 15.8 Å². The van der Waals surface area contributed by atoms with E-state index in [1.807, 2.05) is 6.92 Å². The normalized spacial score (nSPS) is 18.8. The third-order valence-corrected chi connectivity index (χ3v) is 6.00. The predicted octanol–water partition coefficient (Wildman–Crippen LogP) is 2.02. The van der Waals surface area contributed by atoms with Crippen molar-refractivity contribution in [3.63, 3.8) is 0 Å². The Kier molecular flexibility index (Phi) is 6.25. The van der Waals surface area contributed by atoms with Gasteiger partial charge in [-0.25, -0.2) is 4.98 Å². The number of hydrogen-bond donors (Lipinski definition) is 2. The number of hydrazine groups is 1. The molecule has 1 aliphatic carbocycles. The first-order valence-corrected chi connectivity index (χ1v) is 9.84. The molecule has 0 unspecified atom stereocenters. The Morgan fingerprint density at radius 1 is 1.20 bits per heavy atom. The molecule has 2 N–H and O–H groups in total. The molecular weight excluding hydrogens is 340 g/mol. The summed E-state index contributed by atoms with van der Waals surface area (Å²) in [7, 11) is 0. The Bertz CT molecular complexity index is 607. The van der Waals surface area contributed by atoms with Gasteiger partial charge in [0.05, 0.1) is 18.9 Å². The van der Waals surface area contributed by atoms with E-state index in [-0.39, 0.29) is 11.8 Å². The molecule has 0 bridgehead atoms. The van der Waals surface area contributed by atoms with E-state index in [4.69, 9.17) is 4.74 Å². The number of nitrogens with zero attached hydrogens (tertiary/aromatic N) is 2. The molecular formula is C17H26N4O3S. The third kappa shape index (κ3) is 4.92. The Hall–Kier alpha value is -1.67. The second-order valence-electron chi connectivity index (χ2n) is 6.72. The Morgan fingerprint density at radius 3 is 2.64 bits per heavy atom. The van der Waals surface area contributed by atoms with E-state index in [1.165, 1.54) is 30.6 Å². The molecule has 0 atom stereocenters. The number of ether oxygens (including phenoxy) is 1. The largest absolute Gasteiger partial charge is 0.378 e. The lowest BCUT2D eigenvalue weighted by Gasteiger charge is -2.25. The van der Waals surface area contributed by atoms with Gasteiger partial charge in [0, 0.05) is 19.5 Å². The summed E-state index contributed by atoms with van der Waals surface area (Å²) >= 11 is 1.36. The standard InChI is InChI=1S/C17H26N4O3S/c1-12-15(25-17(18-12)21-7-9-24-10-8-21)16(23)20-19-14(22)11-13-5-3-2-4-6-13/h13H,2-11H2,1H3,(H,19,22)(H,20,23). The lowest BCUT2D eigenvalue weighted by atomic mass is 9.87. The van der Waals surface area contributed by atoms with Gasteiger partial charge in [-0.05, 0) is 25.7 Å². The minimum Gasteiger partial charge on any atom is -0.378 e. The smallest absolute Gasteiger partial charge is 0.281 e. The lowest BCUT2D eigenvalue weighted by molar-refractivity contribution is -0.123. The number of hydrogen-bond acceptors (Lipinski definition) is 6. The van der Waals surface area contributed by atoms with Crippen molar-refractivity contribution in [1.29, 1.82) is 0 Å². The SMILES string of the molecule is Cc1nc(N2CCOCC2)sc1C(=O)NNC(=O)CC1CCCCC1. The first kappa shape index (κ1) is 18.1. The van der Waals surface area contributed by atoms with Crippen LogP contribution in [0, 0.1) is 12.8 Å². The average Bonchev–Trinajstić information content (AvgIpc) is 3.03. The van der Waals surface area contributed by atoms with Crippen LogP contribution in [0.1, 0.15) is 53.9 Å². The number of anilines is 1. The van der Waals surface area contributed by atoms with Crippen LogP contribution in [0.3, 0.4) is 0 Å². The maximum Gasteiger partial charge on any atom is 0.281 e. The van der Waals surface area contributed by atoms with E-state index in [1.54, 1.807) is 0 Å². The number of amides is 2. The van der Waals surface area contributed by atoms with Crippen LogP contribution in [-0.2, 0) is 9.53 Å². The fourth-order valence-electron chi connectivity index (χ4n) is 3.37. The second kappa shape index (κ2) is 8.62. The number of aryl methyl sites for hydroxylation is 1. The van der Waals surface area contributed by atoms with Crippen LogP contribution < -0.4 is 15.8 Å². The number of rotatable bonds is 4. The summed E-state index contributed by atoms with van der Waals surface area (Å²) in [6.07, 6.45) is 6.38. The second-order valence-corrected chi connectivity index (χ2v) is 7.70. The van der Waals surface area contributed by atoms with Gasteiger partial charge in [-0.2, -0.15) is 0 Å². The zero-order valence-electron chi connectivity index (χ0n) is 14.7. The van der Waals surface area contributed by atoms with Gasteiger partial charge < -0.3 is 9.64 Å². The fourth-order valence-corrected chi connectivity index (χ4v) is 4.38. The van der Waals surface area contributed by atoms with Gasteiger partial charge in [0.1, 0.15) is 4.88 Å². The average molecular weight is 366 g/mol. The van der Waals surface area contributed by atoms with Gasteiger partial charge in [-0.3, -0.25) is 20.4 Å². The van der Waals surface area contributed by atoms with Crippen molar-refractivity contribution in [3.8, 4) is 0 Å². The van der Waals surface area contributed by atoms with Crippen LogP contribution in [0.15, 0.2) is 0 Å². The van der Waals surface area contributed by atoms with E-state index < -0.39 is 0 Å². The number of nitrogens with one attached hydrogen (secondary N) is 2. The Labute approximate surface area is 152 Å². The van der Waals surface area contributed by atoms with Gasteiger partial charge in [-0.1, -0.05) is 30.6 Å². The van der Waals surface area contributed by atoms with Crippen LogP contribution >= 0.6 is 11.3 Å². The topological polar surface area (TPSA) is 83.6 Å². The highest BCUT2D eigenvalue weighted by atomic mass is 32.1. The van der Waals surface area contributed by atoms with Gasteiger partial charge in [0.25, 0.3) is 5.91 Å². The number of aromatic nitrogens is 1. The molecule has 1 saturated heterocycles. The minimum absolute atomic E-state index is 0.115. The summed E-state index contributed by atoms with van der Waals surface area (Å²) < 4.78 is 5.34. The number of morpholine rings is 1. The van der Waals surface area contributed by atoms with Crippen molar-refractivity contribution in [2.45, 2.75) is 45.4 Å². The van der Waals surface area contributed by atoms with Crippen LogP contribution in [0.25, 0.3) is 0 Å². The fraction of sp³-hybridized carbons (Fsp3) is 0.706. The molecule has 2 amide bonds. The quantitative estimate of drug-likeness (QED) is 0.797. The van der Waals surface area contributed by atoms with Crippen molar-refractivity contribution in [2.75, 3.05) is 31.2 Å². The summed E-state index contributed by atoms with van der Waals surface area (Å²) in [5.74, 6) is 0.0334. The van der Waals surface area contributed by atoms with Gasteiger partial charge in [0.15, 0.2) is 5.13 Å². The van der Waals surface area contributed by atoms with Gasteiger partial charge in [0.2, 0.25) is 5.91 Å². The zero-order valence-corrected chi connectivity index (χ0v) is 15.5. The molecule has 1 saturated carbocycles. The molecule has 0 spiro atoms. The highest BCUT2D eigenvalue weighted by Gasteiger charge is 2.21. The van der Waals surface area contributed by atoms with Crippen LogP contribution in [0.4, 0.5) is 5.13 Å². The molecule has 8 heteroatoms. The zero-order chi connectivity index (χ0) is 17.6. The van der Waals surface area contributed by atoms with E-state index >= 15 is 0 Å².